The van der Waals surface area contributed by atoms with Crippen LogP contribution in [-0.4, -0.2) is 21.4 Å². The Hall–Kier alpha value is -2.63. The lowest BCUT2D eigenvalue weighted by atomic mass is 9.90. The summed E-state index contributed by atoms with van der Waals surface area (Å²) in [6, 6.07) is 11.5. The van der Waals surface area contributed by atoms with Gasteiger partial charge < -0.3 is 4.90 Å². The van der Waals surface area contributed by atoms with Crippen LogP contribution < -0.4 is 4.90 Å². The number of anilines is 1. The minimum absolute atomic E-state index is 0.232. The Bertz CT molecular complexity index is 1200. The summed E-state index contributed by atoms with van der Waals surface area (Å²) in [7, 11) is 0. The second-order valence-corrected chi connectivity index (χ2v) is 12.2. The van der Waals surface area contributed by atoms with Gasteiger partial charge in [0.2, 0.25) is 0 Å². The zero-order chi connectivity index (χ0) is 25.9. The Morgan fingerprint density at radius 2 is 1.60 bits per heavy atom. The molecule has 3 rings (SSSR count). The fourth-order valence-electron chi connectivity index (χ4n) is 3.96. The van der Waals surface area contributed by atoms with Crippen LogP contribution in [0.1, 0.15) is 91.5 Å². The molecule has 0 aliphatic carbocycles. The Morgan fingerprint density at radius 1 is 1.00 bits per heavy atom. The molecule has 0 saturated heterocycles. The first-order valence-electron chi connectivity index (χ1n) is 12.2. The molecule has 3 aromatic rings. The second-order valence-electron chi connectivity index (χ2n) is 10.4. The molecule has 0 aliphatic rings. The fraction of sp³-hybridized carbons (Fsp3) is 0.519. The van der Waals surface area contributed by atoms with Crippen molar-refractivity contribution < 1.29 is 0 Å². The van der Waals surface area contributed by atoms with Gasteiger partial charge in [-0.1, -0.05) is 70.2 Å². The molecule has 2 heterocycles. The summed E-state index contributed by atoms with van der Waals surface area (Å²) >= 11 is 2.75. The molecular weight excluding hydrogens is 472 g/mol. The van der Waals surface area contributed by atoms with Crippen LogP contribution in [0.5, 0.6) is 0 Å². The zero-order valence-electron chi connectivity index (χ0n) is 22.2. The molecule has 6 nitrogen and oxygen atoms in total. The van der Waals surface area contributed by atoms with E-state index in [9.17, 15) is 5.26 Å². The molecule has 0 saturated carbocycles. The van der Waals surface area contributed by atoms with Crippen LogP contribution in [-0.2, 0) is 5.41 Å². The molecule has 1 aromatic carbocycles. The summed E-state index contributed by atoms with van der Waals surface area (Å²) < 4.78 is 4.51. The van der Waals surface area contributed by atoms with Gasteiger partial charge in [-0.15, -0.1) is 10.2 Å². The molecule has 0 fully saturated rings. The van der Waals surface area contributed by atoms with Crippen molar-refractivity contribution in [2.75, 3.05) is 4.90 Å². The molecule has 35 heavy (non-hydrogen) atoms. The van der Waals surface area contributed by atoms with Gasteiger partial charge in [-0.05, 0) is 57.1 Å². The highest BCUT2D eigenvalue weighted by Gasteiger charge is 2.25. The number of rotatable bonds is 8. The van der Waals surface area contributed by atoms with Gasteiger partial charge in [-0.2, -0.15) is 9.64 Å². The zero-order valence-corrected chi connectivity index (χ0v) is 23.9. The third kappa shape index (κ3) is 5.96. The van der Waals surface area contributed by atoms with E-state index in [1.165, 1.54) is 28.4 Å². The standard InChI is InChI=1S/C27H36N6S2/c1-10-18(6)19-11-13-20(14-12-19)22-25(34-26(29-22)33(16(2)3)17(4)5)31-30-24-21(15-28)23(32-35-24)27(7,8)9/h11-14,16-18H,10H2,1-9H3/b31-30+. The summed E-state index contributed by atoms with van der Waals surface area (Å²) in [4.78, 5) is 7.33. The van der Waals surface area contributed by atoms with Crippen LogP contribution >= 0.6 is 22.9 Å². The summed E-state index contributed by atoms with van der Waals surface area (Å²) in [5, 5.41) is 21.1. The van der Waals surface area contributed by atoms with Crippen molar-refractivity contribution in [1.82, 2.24) is 9.36 Å². The first-order chi connectivity index (χ1) is 16.5. The van der Waals surface area contributed by atoms with Gasteiger partial charge in [-0.25, -0.2) is 4.98 Å². The summed E-state index contributed by atoms with van der Waals surface area (Å²) in [6.07, 6.45) is 1.10. The number of thiazole rings is 1. The van der Waals surface area contributed by atoms with Crippen LogP contribution in [0, 0.1) is 11.3 Å². The van der Waals surface area contributed by atoms with Crippen molar-refractivity contribution in [3.63, 3.8) is 0 Å². The highest BCUT2D eigenvalue weighted by atomic mass is 32.1. The van der Waals surface area contributed by atoms with Crippen LogP contribution in [0.15, 0.2) is 34.5 Å². The van der Waals surface area contributed by atoms with Crippen molar-refractivity contribution in [2.45, 2.75) is 92.2 Å². The molecule has 8 heteroatoms. The molecular formula is C27H36N6S2. The molecule has 1 unspecified atom stereocenters. The SMILES string of the molecule is CCC(C)c1ccc(-c2nc(N(C(C)C)C(C)C)sc2/N=N/c2snc(C(C)(C)C)c2C#N)cc1. The third-order valence-electron chi connectivity index (χ3n) is 6.03. The second kappa shape index (κ2) is 11.0. The molecule has 0 bridgehead atoms. The Kier molecular flexibility index (Phi) is 8.45. The highest BCUT2D eigenvalue weighted by Crippen LogP contribution is 2.43. The van der Waals surface area contributed by atoms with Crippen molar-refractivity contribution >= 4 is 38.0 Å². The Labute approximate surface area is 217 Å². The van der Waals surface area contributed by atoms with E-state index in [2.05, 4.69) is 91.4 Å². The largest absolute Gasteiger partial charge is 0.343 e. The number of hydrogen-bond acceptors (Lipinski definition) is 8. The number of azo groups is 1. The van der Waals surface area contributed by atoms with E-state index < -0.39 is 0 Å². The maximum absolute atomic E-state index is 9.77. The van der Waals surface area contributed by atoms with E-state index in [-0.39, 0.29) is 5.41 Å². The topological polar surface area (TPSA) is 77.5 Å². The average molecular weight is 509 g/mol. The van der Waals surface area contributed by atoms with E-state index in [0.717, 1.165) is 33.5 Å². The van der Waals surface area contributed by atoms with Gasteiger partial charge in [0.1, 0.15) is 17.3 Å². The monoisotopic (exact) mass is 508 g/mol. The lowest BCUT2D eigenvalue weighted by molar-refractivity contribution is 0.574. The highest BCUT2D eigenvalue weighted by molar-refractivity contribution is 7.19. The molecule has 0 spiro atoms. The van der Waals surface area contributed by atoms with Crippen molar-refractivity contribution in [3.8, 4) is 17.3 Å². The average Bonchev–Trinajstić information content (AvgIpc) is 3.40. The van der Waals surface area contributed by atoms with Gasteiger partial charge in [0.25, 0.3) is 0 Å². The van der Waals surface area contributed by atoms with E-state index in [1.807, 2.05) is 20.8 Å². The van der Waals surface area contributed by atoms with Gasteiger partial charge in [0.05, 0.1) is 5.69 Å². The fourth-order valence-corrected chi connectivity index (χ4v) is 6.00. The number of aromatic nitrogens is 2. The van der Waals surface area contributed by atoms with E-state index in [1.54, 1.807) is 0 Å². The van der Waals surface area contributed by atoms with Crippen LogP contribution in [0.3, 0.4) is 0 Å². The predicted octanol–water partition coefficient (Wildman–Crippen LogP) is 8.99. The van der Waals surface area contributed by atoms with Gasteiger partial charge in [0.15, 0.2) is 15.1 Å². The number of hydrogen-bond donors (Lipinski definition) is 0. The molecule has 2 aromatic heterocycles. The van der Waals surface area contributed by atoms with Gasteiger partial charge in [-0.3, -0.25) is 0 Å². The summed E-state index contributed by atoms with van der Waals surface area (Å²) in [6.45, 7) is 19.3. The molecule has 0 aliphatic heterocycles. The summed E-state index contributed by atoms with van der Waals surface area (Å²) in [5.41, 5.74) is 4.18. The molecule has 0 radical (unpaired) electrons. The van der Waals surface area contributed by atoms with Crippen molar-refractivity contribution in [3.05, 3.63) is 41.1 Å². The van der Waals surface area contributed by atoms with Crippen LogP contribution in [0.4, 0.5) is 15.1 Å². The third-order valence-corrected chi connectivity index (χ3v) is 7.71. The minimum Gasteiger partial charge on any atom is -0.343 e. The van der Waals surface area contributed by atoms with E-state index in [0.29, 0.717) is 28.6 Å². The number of benzene rings is 1. The quantitative estimate of drug-likeness (QED) is 0.284. The van der Waals surface area contributed by atoms with Crippen LogP contribution in [0.2, 0.25) is 0 Å². The maximum atomic E-state index is 9.77. The lowest BCUT2D eigenvalue weighted by Crippen LogP contribution is -2.36. The first kappa shape index (κ1) is 27.0. The van der Waals surface area contributed by atoms with Crippen molar-refractivity contribution in [2.24, 2.45) is 10.2 Å². The maximum Gasteiger partial charge on any atom is 0.188 e. The van der Waals surface area contributed by atoms with Gasteiger partial charge in [0, 0.05) is 23.1 Å². The van der Waals surface area contributed by atoms with E-state index in [4.69, 9.17) is 4.98 Å². The molecule has 0 amide bonds. The molecule has 0 N–H and O–H groups in total. The predicted molar refractivity (Wildman–Crippen MR) is 149 cm³/mol. The summed E-state index contributed by atoms with van der Waals surface area (Å²) in [5.74, 6) is 0.513. The Morgan fingerprint density at radius 3 is 2.11 bits per heavy atom. The normalized spacial score (nSPS) is 13.1. The van der Waals surface area contributed by atoms with Crippen LogP contribution in [0.25, 0.3) is 11.3 Å². The number of nitrogens with zero attached hydrogens (tertiary/aromatic N) is 6. The Balaban J connectivity index is 2.10. The van der Waals surface area contributed by atoms with Crippen molar-refractivity contribution in [1.29, 1.82) is 5.26 Å². The lowest BCUT2D eigenvalue weighted by Gasteiger charge is -2.30. The first-order valence-corrected chi connectivity index (χ1v) is 13.8. The smallest absolute Gasteiger partial charge is 0.188 e. The molecule has 1 atom stereocenters. The minimum atomic E-state index is -0.232. The number of nitriles is 1. The molecule has 186 valence electrons. The van der Waals surface area contributed by atoms with E-state index >= 15 is 0 Å². The van der Waals surface area contributed by atoms with Gasteiger partial charge >= 0.3 is 0 Å².